The van der Waals surface area contributed by atoms with E-state index in [0.717, 1.165) is 17.5 Å². The molecular formula is C24H26N8O4. The van der Waals surface area contributed by atoms with E-state index in [0.29, 0.717) is 53.3 Å². The highest BCUT2D eigenvalue weighted by Crippen LogP contribution is 2.39. The summed E-state index contributed by atoms with van der Waals surface area (Å²) >= 11 is 0. The maximum atomic E-state index is 12.0. The number of primary amides is 1. The Morgan fingerprint density at radius 3 is 2.61 bits per heavy atom. The molecule has 3 aromatic heterocycles. The number of aromatic nitrogens is 5. The predicted octanol–water partition coefficient (Wildman–Crippen LogP) is 2.43. The largest absolute Gasteiger partial charge is 0.493 e. The number of nitrogens with two attached hydrogens (primary N) is 1. The third-order valence-electron chi connectivity index (χ3n) is 6.10. The summed E-state index contributed by atoms with van der Waals surface area (Å²) in [5, 5.41) is 4.05. The Hall–Kier alpha value is -4.61. The van der Waals surface area contributed by atoms with Gasteiger partial charge in [0.25, 0.3) is 0 Å². The summed E-state index contributed by atoms with van der Waals surface area (Å²) in [6.07, 6.45) is 8.33. The van der Waals surface area contributed by atoms with Crippen molar-refractivity contribution in [1.82, 2.24) is 24.5 Å². The van der Waals surface area contributed by atoms with Crippen LogP contribution in [0.3, 0.4) is 0 Å². The molecule has 12 heteroatoms. The normalized spacial score (nSPS) is 15.2. The zero-order chi connectivity index (χ0) is 25.2. The zero-order valence-corrected chi connectivity index (χ0v) is 20.1. The number of imidazole rings is 1. The number of fused-ring (bicyclic) bond motifs is 1. The highest BCUT2D eigenvalue weighted by atomic mass is 16.5. The number of nitrogens with zero attached hydrogens (tertiary/aromatic N) is 6. The molecular weight excluding hydrogens is 464 g/mol. The second-order valence-electron chi connectivity index (χ2n) is 8.19. The quantitative estimate of drug-likeness (QED) is 0.378. The fourth-order valence-electron chi connectivity index (χ4n) is 4.36. The van der Waals surface area contributed by atoms with Gasteiger partial charge in [-0.1, -0.05) is 0 Å². The molecule has 4 aromatic rings. The van der Waals surface area contributed by atoms with Crippen molar-refractivity contribution in [1.29, 1.82) is 0 Å². The molecule has 1 aliphatic heterocycles. The minimum Gasteiger partial charge on any atom is -0.493 e. The molecule has 1 fully saturated rings. The molecule has 0 aliphatic carbocycles. The van der Waals surface area contributed by atoms with Gasteiger partial charge in [-0.15, -0.1) is 0 Å². The number of hydrogen-bond donors (Lipinski definition) is 2. The van der Waals surface area contributed by atoms with Gasteiger partial charge in [-0.25, -0.2) is 9.97 Å². The molecule has 0 saturated carbocycles. The molecule has 4 heterocycles. The molecule has 1 aromatic carbocycles. The van der Waals surface area contributed by atoms with Crippen LogP contribution in [0.1, 0.15) is 12.8 Å². The Kier molecular flexibility index (Phi) is 6.15. The lowest BCUT2D eigenvalue weighted by molar-refractivity contribution is -0.119. The molecule has 1 unspecified atom stereocenters. The Balaban J connectivity index is 1.50. The first-order valence-electron chi connectivity index (χ1n) is 11.3. The predicted molar refractivity (Wildman–Crippen MR) is 133 cm³/mol. The van der Waals surface area contributed by atoms with Crippen LogP contribution in [0.2, 0.25) is 0 Å². The van der Waals surface area contributed by atoms with Gasteiger partial charge in [-0.3, -0.25) is 9.78 Å². The number of nitrogens with one attached hydrogen (secondary N) is 1. The summed E-state index contributed by atoms with van der Waals surface area (Å²) in [7, 11) is 4.69. The highest BCUT2D eigenvalue weighted by molar-refractivity contribution is 5.91. The van der Waals surface area contributed by atoms with Crippen LogP contribution in [0.5, 0.6) is 17.2 Å². The van der Waals surface area contributed by atoms with Crippen LogP contribution in [0.15, 0.2) is 43.1 Å². The lowest BCUT2D eigenvalue weighted by atomic mass is 10.2. The highest BCUT2D eigenvalue weighted by Gasteiger charge is 2.31. The van der Waals surface area contributed by atoms with Crippen LogP contribution in [0.25, 0.3) is 16.6 Å². The summed E-state index contributed by atoms with van der Waals surface area (Å²) in [4.78, 5) is 31.9. The Morgan fingerprint density at radius 2 is 1.92 bits per heavy atom. The third-order valence-corrected chi connectivity index (χ3v) is 6.10. The second kappa shape index (κ2) is 9.56. The van der Waals surface area contributed by atoms with Gasteiger partial charge in [0.1, 0.15) is 24.0 Å². The SMILES string of the molecule is COc1cc(-n2cnc(Nc3nc(N4CCCC4C(N)=O)nc4cnccc34)c2)cc(OC)c1OC. The van der Waals surface area contributed by atoms with Gasteiger partial charge in [-0.2, -0.15) is 4.98 Å². The molecule has 186 valence electrons. The van der Waals surface area contributed by atoms with Gasteiger partial charge in [0.2, 0.25) is 17.6 Å². The molecule has 0 radical (unpaired) electrons. The van der Waals surface area contributed by atoms with Crippen molar-refractivity contribution in [2.45, 2.75) is 18.9 Å². The number of pyridine rings is 1. The molecule has 1 amide bonds. The maximum Gasteiger partial charge on any atom is 0.240 e. The number of carbonyl (C=O) groups is 1. The first kappa shape index (κ1) is 23.1. The van der Waals surface area contributed by atoms with Crippen LogP contribution in [0.4, 0.5) is 17.6 Å². The lowest BCUT2D eigenvalue weighted by Gasteiger charge is -2.23. The molecule has 3 N–H and O–H groups in total. The van der Waals surface area contributed by atoms with Crippen molar-refractivity contribution in [3.8, 4) is 22.9 Å². The average molecular weight is 491 g/mol. The van der Waals surface area contributed by atoms with Gasteiger partial charge in [0.05, 0.1) is 44.9 Å². The van der Waals surface area contributed by atoms with Gasteiger partial charge in [-0.05, 0) is 18.9 Å². The van der Waals surface area contributed by atoms with E-state index in [9.17, 15) is 4.79 Å². The topological polar surface area (TPSA) is 143 Å². The monoisotopic (exact) mass is 490 g/mol. The maximum absolute atomic E-state index is 12.0. The Morgan fingerprint density at radius 1 is 1.14 bits per heavy atom. The third kappa shape index (κ3) is 4.17. The smallest absolute Gasteiger partial charge is 0.240 e. The van der Waals surface area contributed by atoms with Crippen LogP contribution in [-0.4, -0.2) is 64.3 Å². The number of methoxy groups -OCH3 is 3. The van der Waals surface area contributed by atoms with Gasteiger partial charge in [0, 0.05) is 30.3 Å². The summed E-state index contributed by atoms with van der Waals surface area (Å²) in [5.74, 6) is 2.70. The van der Waals surface area contributed by atoms with Crippen molar-refractivity contribution >= 4 is 34.4 Å². The number of amides is 1. The van der Waals surface area contributed by atoms with Crippen LogP contribution in [0, 0.1) is 0 Å². The van der Waals surface area contributed by atoms with Crippen LogP contribution < -0.4 is 30.2 Å². The number of hydrogen-bond acceptors (Lipinski definition) is 10. The Bertz CT molecular complexity index is 1400. The van der Waals surface area contributed by atoms with E-state index in [1.165, 1.54) is 0 Å². The van der Waals surface area contributed by atoms with E-state index in [-0.39, 0.29) is 5.91 Å². The van der Waals surface area contributed by atoms with Crippen molar-refractivity contribution in [2.75, 3.05) is 38.1 Å². The molecule has 1 aliphatic rings. The average Bonchev–Trinajstić information content (AvgIpc) is 3.58. The van der Waals surface area contributed by atoms with Crippen molar-refractivity contribution in [3.63, 3.8) is 0 Å². The molecule has 5 rings (SSSR count). The zero-order valence-electron chi connectivity index (χ0n) is 20.1. The van der Waals surface area contributed by atoms with Crippen LogP contribution in [-0.2, 0) is 4.79 Å². The molecule has 1 atom stereocenters. The summed E-state index contributed by atoms with van der Waals surface area (Å²) in [6.45, 7) is 0.647. The number of anilines is 3. The number of benzene rings is 1. The summed E-state index contributed by atoms with van der Waals surface area (Å²) < 4.78 is 18.2. The number of ether oxygens (including phenoxy) is 3. The van der Waals surface area contributed by atoms with Gasteiger partial charge in [0.15, 0.2) is 11.5 Å². The minimum absolute atomic E-state index is 0.388. The molecule has 0 bridgehead atoms. The van der Waals surface area contributed by atoms with E-state index >= 15 is 0 Å². The second-order valence-corrected chi connectivity index (χ2v) is 8.19. The standard InChI is InChI=1S/C24H26N8O4/c1-34-18-9-14(10-19(35-2)21(18)36-3)31-12-20(27-13-31)29-23-15-6-7-26-11-16(15)28-24(30-23)32-8-4-5-17(32)22(25)33/h6-7,9-13,17H,4-5,8H2,1-3H3,(H2,25,33)(H,28,29,30). The van der Waals surface area contributed by atoms with E-state index in [1.54, 1.807) is 40.1 Å². The molecule has 1 saturated heterocycles. The Labute approximate surface area is 207 Å². The van der Waals surface area contributed by atoms with E-state index in [4.69, 9.17) is 24.9 Å². The number of carbonyl (C=O) groups excluding carboxylic acids is 1. The molecule has 0 spiro atoms. The number of rotatable bonds is 8. The fourth-order valence-corrected chi connectivity index (χ4v) is 4.36. The van der Waals surface area contributed by atoms with Gasteiger partial charge >= 0.3 is 0 Å². The molecule has 12 nitrogen and oxygen atoms in total. The van der Waals surface area contributed by atoms with E-state index < -0.39 is 6.04 Å². The van der Waals surface area contributed by atoms with Crippen LogP contribution >= 0.6 is 0 Å². The van der Waals surface area contributed by atoms with Crippen molar-refractivity contribution in [2.24, 2.45) is 5.73 Å². The van der Waals surface area contributed by atoms with Gasteiger partial charge < -0.3 is 34.7 Å². The summed E-state index contributed by atoms with van der Waals surface area (Å²) in [6, 6.07) is 5.04. The molecule has 36 heavy (non-hydrogen) atoms. The van der Waals surface area contributed by atoms with E-state index in [2.05, 4.69) is 20.3 Å². The summed E-state index contributed by atoms with van der Waals surface area (Å²) in [5.41, 5.74) is 7.02. The minimum atomic E-state index is -0.439. The van der Waals surface area contributed by atoms with E-state index in [1.807, 2.05) is 33.9 Å². The van der Waals surface area contributed by atoms with Crippen molar-refractivity contribution < 1.29 is 19.0 Å². The fraction of sp³-hybridized carbons (Fsp3) is 0.292. The first-order valence-corrected chi connectivity index (χ1v) is 11.3. The van der Waals surface area contributed by atoms with Crippen molar-refractivity contribution in [3.05, 3.63) is 43.1 Å². The lowest BCUT2D eigenvalue weighted by Crippen LogP contribution is -2.41. The first-order chi connectivity index (χ1) is 17.5.